The molecule has 116 valence electrons. The zero-order chi connectivity index (χ0) is 16.6. The molecule has 1 aromatic heterocycles. The molecule has 3 rings (SSSR count). The van der Waals surface area contributed by atoms with Crippen molar-refractivity contribution >= 4 is 5.97 Å². The van der Waals surface area contributed by atoms with E-state index in [1.807, 2.05) is 0 Å². The number of rotatable bonds is 3. The maximum absolute atomic E-state index is 13.4. The van der Waals surface area contributed by atoms with Gasteiger partial charge in [0.25, 0.3) is 0 Å². The monoisotopic (exact) mass is 319 g/mol. The molecular weight excluding hydrogens is 311 g/mol. The summed E-state index contributed by atoms with van der Waals surface area (Å²) in [5, 5.41) is 16.4. The molecule has 2 aromatic carbocycles. The number of carbonyl (C=O) groups is 1. The number of hydrogen-bond donors (Lipinski definition) is 1. The predicted octanol–water partition coefficient (Wildman–Crippen LogP) is 3.05. The lowest BCUT2D eigenvalue weighted by molar-refractivity contribution is 0.0691. The maximum Gasteiger partial charge on any atom is 0.358 e. The molecule has 0 spiro atoms. The number of nitrogens with zero attached hydrogens (tertiary/aromatic N) is 3. The van der Waals surface area contributed by atoms with Gasteiger partial charge in [-0.2, -0.15) is 0 Å². The van der Waals surface area contributed by atoms with Crippen LogP contribution in [0.1, 0.15) is 10.5 Å². The standard InChI is InChI=1S/C15H8F3N3O2/c16-10-6-9(7-11(17)12(10)18)21-14(8-4-2-1-3-5-8)13(15(22)23)19-20-21/h1-7H,(H,22,23). The van der Waals surface area contributed by atoms with Crippen LogP contribution in [0.15, 0.2) is 42.5 Å². The number of aromatic carboxylic acids is 1. The molecule has 0 aliphatic heterocycles. The second-order valence-corrected chi connectivity index (χ2v) is 4.59. The third-order valence-electron chi connectivity index (χ3n) is 3.13. The number of aromatic nitrogens is 3. The van der Waals surface area contributed by atoms with E-state index in [-0.39, 0.29) is 17.1 Å². The lowest BCUT2D eigenvalue weighted by Gasteiger charge is -2.08. The van der Waals surface area contributed by atoms with Gasteiger partial charge in [0.2, 0.25) is 0 Å². The normalized spacial score (nSPS) is 10.7. The van der Waals surface area contributed by atoms with E-state index in [4.69, 9.17) is 0 Å². The highest BCUT2D eigenvalue weighted by Gasteiger charge is 2.23. The van der Waals surface area contributed by atoms with Gasteiger partial charge in [-0.3, -0.25) is 0 Å². The lowest BCUT2D eigenvalue weighted by Crippen LogP contribution is -2.05. The highest BCUT2D eigenvalue weighted by Crippen LogP contribution is 2.26. The first kappa shape index (κ1) is 14.8. The van der Waals surface area contributed by atoms with Crippen molar-refractivity contribution in [1.29, 1.82) is 0 Å². The number of carboxylic acids is 1. The first-order chi connectivity index (χ1) is 11.0. The molecule has 23 heavy (non-hydrogen) atoms. The minimum absolute atomic E-state index is 0.0310. The minimum Gasteiger partial charge on any atom is -0.476 e. The molecule has 1 N–H and O–H groups in total. The summed E-state index contributed by atoms with van der Waals surface area (Å²) < 4.78 is 40.9. The predicted molar refractivity (Wildman–Crippen MR) is 73.6 cm³/mol. The van der Waals surface area contributed by atoms with Gasteiger partial charge in [-0.25, -0.2) is 22.6 Å². The fraction of sp³-hybridized carbons (Fsp3) is 0. The Labute approximate surface area is 127 Å². The first-order valence-corrected chi connectivity index (χ1v) is 6.38. The summed E-state index contributed by atoms with van der Waals surface area (Å²) in [6.45, 7) is 0. The molecule has 0 atom stereocenters. The Kier molecular flexibility index (Phi) is 3.57. The molecule has 1 heterocycles. The molecule has 0 amide bonds. The van der Waals surface area contributed by atoms with Gasteiger partial charge < -0.3 is 5.11 Å². The second-order valence-electron chi connectivity index (χ2n) is 4.59. The molecule has 0 fully saturated rings. The van der Waals surface area contributed by atoms with Crippen molar-refractivity contribution in [3.8, 4) is 16.9 Å². The van der Waals surface area contributed by atoms with E-state index < -0.39 is 23.4 Å². The van der Waals surface area contributed by atoms with Crippen molar-refractivity contribution in [3.05, 3.63) is 65.6 Å². The molecule has 0 bridgehead atoms. The molecule has 3 aromatic rings. The highest BCUT2D eigenvalue weighted by atomic mass is 19.2. The van der Waals surface area contributed by atoms with Gasteiger partial charge in [0.1, 0.15) is 5.69 Å². The van der Waals surface area contributed by atoms with E-state index in [9.17, 15) is 23.1 Å². The van der Waals surface area contributed by atoms with Crippen LogP contribution in [0.5, 0.6) is 0 Å². The number of carboxylic acid groups (broad SMARTS) is 1. The molecule has 0 aliphatic carbocycles. The zero-order valence-electron chi connectivity index (χ0n) is 11.4. The van der Waals surface area contributed by atoms with Crippen LogP contribution in [0.2, 0.25) is 0 Å². The van der Waals surface area contributed by atoms with Gasteiger partial charge in [-0.1, -0.05) is 35.5 Å². The maximum atomic E-state index is 13.4. The largest absolute Gasteiger partial charge is 0.476 e. The molecule has 5 nitrogen and oxygen atoms in total. The number of hydrogen-bond acceptors (Lipinski definition) is 3. The van der Waals surface area contributed by atoms with Crippen molar-refractivity contribution in [1.82, 2.24) is 15.0 Å². The average Bonchev–Trinajstić information content (AvgIpc) is 2.98. The molecule has 0 unspecified atom stereocenters. The third kappa shape index (κ3) is 2.54. The van der Waals surface area contributed by atoms with E-state index in [0.29, 0.717) is 17.7 Å². The van der Waals surface area contributed by atoms with Gasteiger partial charge in [-0.05, 0) is 0 Å². The Morgan fingerprint density at radius 2 is 1.65 bits per heavy atom. The van der Waals surface area contributed by atoms with Gasteiger partial charge in [0, 0.05) is 17.7 Å². The lowest BCUT2D eigenvalue weighted by atomic mass is 10.1. The molecule has 0 radical (unpaired) electrons. The van der Waals surface area contributed by atoms with E-state index >= 15 is 0 Å². The summed E-state index contributed by atoms with van der Waals surface area (Å²) in [7, 11) is 0. The fourth-order valence-electron chi connectivity index (χ4n) is 2.13. The van der Waals surface area contributed by atoms with Gasteiger partial charge in [0.15, 0.2) is 23.1 Å². The van der Waals surface area contributed by atoms with E-state index in [2.05, 4.69) is 10.3 Å². The van der Waals surface area contributed by atoms with Crippen molar-refractivity contribution in [2.24, 2.45) is 0 Å². The quantitative estimate of drug-likeness (QED) is 0.753. The molecule has 0 aliphatic rings. The SMILES string of the molecule is O=C(O)c1nnn(-c2cc(F)c(F)c(F)c2)c1-c1ccccc1. The van der Waals surface area contributed by atoms with Crippen molar-refractivity contribution in [2.45, 2.75) is 0 Å². The first-order valence-electron chi connectivity index (χ1n) is 6.38. The molecule has 0 saturated heterocycles. The third-order valence-corrected chi connectivity index (χ3v) is 3.13. The summed E-state index contributed by atoms with van der Waals surface area (Å²) in [5.41, 5.74) is -0.106. The van der Waals surface area contributed by atoms with Crippen LogP contribution in [0, 0.1) is 17.5 Å². The van der Waals surface area contributed by atoms with Crippen molar-refractivity contribution in [3.63, 3.8) is 0 Å². The molecule has 0 saturated carbocycles. The van der Waals surface area contributed by atoms with Crippen LogP contribution < -0.4 is 0 Å². The Balaban J connectivity index is 2.27. The van der Waals surface area contributed by atoms with Gasteiger partial charge >= 0.3 is 5.97 Å². The van der Waals surface area contributed by atoms with Crippen LogP contribution in [-0.2, 0) is 0 Å². The summed E-state index contributed by atoms with van der Waals surface area (Å²) >= 11 is 0. The Morgan fingerprint density at radius 3 is 2.22 bits per heavy atom. The van der Waals surface area contributed by atoms with Crippen LogP contribution >= 0.6 is 0 Å². The summed E-state index contributed by atoms with van der Waals surface area (Å²) in [4.78, 5) is 11.3. The summed E-state index contributed by atoms with van der Waals surface area (Å²) in [6.07, 6.45) is 0. The van der Waals surface area contributed by atoms with E-state index in [0.717, 1.165) is 4.68 Å². The highest BCUT2D eigenvalue weighted by molar-refractivity contribution is 5.93. The smallest absolute Gasteiger partial charge is 0.358 e. The minimum atomic E-state index is -1.62. The number of halogens is 3. The topological polar surface area (TPSA) is 68.0 Å². The molecule has 8 heteroatoms. The second kappa shape index (κ2) is 5.56. The zero-order valence-corrected chi connectivity index (χ0v) is 11.4. The Bertz CT molecular complexity index is 871. The van der Waals surface area contributed by atoms with Crippen molar-refractivity contribution < 1.29 is 23.1 Å². The Morgan fingerprint density at radius 1 is 1.04 bits per heavy atom. The Hall–Kier alpha value is -3.16. The average molecular weight is 319 g/mol. The summed E-state index contributed by atoms with van der Waals surface area (Å²) in [6, 6.07) is 9.65. The van der Waals surface area contributed by atoms with Crippen LogP contribution in [-0.4, -0.2) is 26.1 Å². The van der Waals surface area contributed by atoms with Gasteiger partial charge in [0.05, 0.1) is 5.69 Å². The number of benzene rings is 2. The van der Waals surface area contributed by atoms with Crippen LogP contribution in [0.25, 0.3) is 16.9 Å². The van der Waals surface area contributed by atoms with Gasteiger partial charge in [-0.15, -0.1) is 5.10 Å². The van der Waals surface area contributed by atoms with Crippen LogP contribution in [0.3, 0.4) is 0 Å². The van der Waals surface area contributed by atoms with E-state index in [1.54, 1.807) is 30.3 Å². The molecular formula is C15H8F3N3O2. The summed E-state index contributed by atoms with van der Waals surface area (Å²) in [5.74, 6) is -5.79. The van der Waals surface area contributed by atoms with E-state index in [1.165, 1.54) is 0 Å². The van der Waals surface area contributed by atoms with Crippen LogP contribution in [0.4, 0.5) is 13.2 Å². The fourth-order valence-corrected chi connectivity index (χ4v) is 2.13. The van der Waals surface area contributed by atoms with Crippen molar-refractivity contribution in [2.75, 3.05) is 0 Å².